The second-order valence-electron chi connectivity index (χ2n) is 3.37. The van der Waals surface area contributed by atoms with Gasteiger partial charge in [0.15, 0.2) is 0 Å². The molecule has 0 spiro atoms. The van der Waals surface area contributed by atoms with Gasteiger partial charge in [-0.3, -0.25) is 0 Å². The van der Waals surface area contributed by atoms with Gasteiger partial charge in [0.1, 0.15) is 5.75 Å². The fourth-order valence-corrected chi connectivity index (χ4v) is 1.58. The van der Waals surface area contributed by atoms with Crippen molar-refractivity contribution in [2.24, 2.45) is 0 Å². The molecule has 1 aromatic rings. The van der Waals surface area contributed by atoms with Crippen LogP contribution in [0.2, 0.25) is 0 Å². The molecule has 0 aliphatic carbocycles. The van der Waals surface area contributed by atoms with Crippen molar-refractivity contribution in [1.82, 2.24) is 0 Å². The van der Waals surface area contributed by atoms with E-state index < -0.39 is 0 Å². The Labute approximate surface area is 96.6 Å². The third-order valence-electron chi connectivity index (χ3n) is 2.39. The van der Waals surface area contributed by atoms with Crippen molar-refractivity contribution in [3.05, 3.63) is 29.8 Å². The van der Waals surface area contributed by atoms with Gasteiger partial charge >= 0.3 is 0 Å². The second kappa shape index (κ2) is 5.95. The zero-order valence-electron chi connectivity index (χ0n) is 10.0. The molecule has 1 rings (SSSR count). The molecule has 86 valence electrons. The first-order chi connectivity index (χ1) is 7.76. The van der Waals surface area contributed by atoms with E-state index in [-0.39, 0.29) is 0 Å². The second-order valence-corrected chi connectivity index (χ2v) is 3.37. The van der Waals surface area contributed by atoms with Gasteiger partial charge in [-0.1, -0.05) is 13.0 Å². The highest BCUT2D eigenvalue weighted by atomic mass is 16.5. The van der Waals surface area contributed by atoms with Crippen molar-refractivity contribution in [3.8, 4) is 5.75 Å². The van der Waals surface area contributed by atoms with Crippen LogP contribution in [0.15, 0.2) is 24.3 Å². The summed E-state index contributed by atoms with van der Waals surface area (Å²) in [6.45, 7) is 2.06. The Morgan fingerprint density at radius 3 is 2.75 bits per heavy atom. The maximum Gasteiger partial charge on any atom is 0.120 e. The first kappa shape index (κ1) is 12.3. The molecule has 0 saturated carbocycles. The van der Waals surface area contributed by atoms with E-state index >= 15 is 0 Å². The molecular formula is C13H18N2O. The van der Waals surface area contributed by atoms with Crippen LogP contribution in [-0.4, -0.2) is 20.4 Å². The van der Waals surface area contributed by atoms with E-state index in [0.29, 0.717) is 0 Å². The molecule has 0 amide bonds. The van der Waals surface area contributed by atoms with Crippen molar-refractivity contribution in [3.63, 3.8) is 0 Å². The topological polar surface area (TPSA) is 45.1 Å². The van der Waals surface area contributed by atoms with Crippen molar-refractivity contribution < 1.29 is 4.74 Å². The summed E-state index contributed by atoms with van der Waals surface area (Å²) in [5.41, 5.74) is 2.93. The largest absolute Gasteiger partial charge is 0.497 e. The molecule has 0 fully saturated rings. The lowest BCUT2D eigenvalue weighted by atomic mass is 10.0. The fraction of sp³-hybridized carbons (Fsp3) is 0.308. The molecule has 0 aliphatic rings. The molecule has 3 heteroatoms. The van der Waals surface area contributed by atoms with Crippen LogP contribution < -0.4 is 10.1 Å². The lowest BCUT2D eigenvalue weighted by molar-refractivity contribution is 0.415. The molecule has 0 saturated heterocycles. The smallest absolute Gasteiger partial charge is 0.120 e. The summed E-state index contributed by atoms with van der Waals surface area (Å²) in [7, 11) is 3.51. The molecule has 0 aromatic heterocycles. The Morgan fingerprint density at radius 2 is 2.25 bits per heavy atom. The van der Waals surface area contributed by atoms with Gasteiger partial charge in [-0.15, -0.1) is 0 Å². The summed E-state index contributed by atoms with van der Waals surface area (Å²) in [5, 5.41) is 10.5. The third-order valence-corrected chi connectivity index (χ3v) is 2.39. The van der Waals surface area contributed by atoms with E-state index in [1.54, 1.807) is 7.11 Å². The van der Waals surface area contributed by atoms with Crippen LogP contribution in [-0.2, 0) is 0 Å². The van der Waals surface area contributed by atoms with Gasteiger partial charge in [-0.25, -0.2) is 0 Å². The molecule has 1 aromatic carbocycles. The van der Waals surface area contributed by atoms with Crippen LogP contribution in [0.1, 0.15) is 18.9 Å². The number of allylic oxidation sites excluding steroid dienone is 2. The Kier molecular flexibility index (Phi) is 4.58. The summed E-state index contributed by atoms with van der Waals surface area (Å²) >= 11 is 0. The normalized spacial score (nSPS) is 11.1. The molecular weight excluding hydrogens is 200 g/mol. The summed E-state index contributed by atoms with van der Waals surface area (Å²) < 4.78 is 5.17. The van der Waals surface area contributed by atoms with E-state index in [1.807, 2.05) is 31.3 Å². The number of methoxy groups -OCH3 is 1. The van der Waals surface area contributed by atoms with Crippen LogP contribution in [0.5, 0.6) is 5.75 Å². The van der Waals surface area contributed by atoms with Crippen LogP contribution in [0.4, 0.5) is 5.69 Å². The Morgan fingerprint density at radius 1 is 1.50 bits per heavy atom. The van der Waals surface area contributed by atoms with Gasteiger partial charge in [0, 0.05) is 30.6 Å². The Balaban J connectivity index is 3.21. The van der Waals surface area contributed by atoms with Gasteiger partial charge in [0.25, 0.3) is 0 Å². The molecule has 16 heavy (non-hydrogen) atoms. The van der Waals surface area contributed by atoms with E-state index in [1.165, 1.54) is 6.21 Å². The summed E-state index contributed by atoms with van der Waals surface area (Å²) in [5.74, 6) is 0.814. The van der Waals surface area contributed by atoms with Crippen molar-refractivity contribution in [1.29, 1.82) is 5.41 Å². The number of ether oxygens (including phenoxy) is 1. The predicted octanol–water partition coefficient (Wildman–Crippen LogP) is 3.18. The zero-order chi connectivity index (χ0) is 12.0. The molecule has 0 radical (unpaired) electrons. The third kappa shape index (κ3) is 2.63. The molecule has 0 bridgehead atoms. The average molecular weight is 218 g/mol. The quantitative estimate of drug-likeness (QED) is 0.745. The van der Waals surface area contributed by atoms with Gasteiger partial charge in [0.2, 0.25) is 0 Å². The first-order valence-electron chi connectivity index (χ1n) is 5.33. The summed E-state index contributed by atoms with van der Waals surface area (Å²) in [6.07, 6.45) is 4.34. The number of benzene rings is 1. The summed E-state index contributed by atoms with van der Waals surface area (Å²) in [6, 6.07) is 5.81. The molecule has 0 heterocycles. The highest BCUT2D eigenvalue weighted by Crippen LogP contribution is 2.27. The molecule has 2 N–H and O–H groups in total. The highest BCUT2D eigenvalue weighted by molar-refractivity contribution is 6.10. The number of anilines is 1. The average Bonchev–Trinajstić information content (AvgIpc) is 2.35. The number of rotatable bonds is 5. The molecule has 0 unspecified atom stereocenters. The van der Waals surface area contributed by atoms with Gasteiger partial charge < -0.3 is 15.5 Å². The molecule has 0 atom stereocenters. The van der Waals surface area contributed by atoms with E-state index in [9.17, 15) is 0 Å². The fourth-order valence-electron chi connectivity index (χ4n) is 1.58. The van der Waals surface area contributed by atoms with Crippen molar-refractivity contribution in [2.45, 2.75) is 13.3 Å². The first-order valence-corrected chi connectivity index (χ1v) is 5.33. The van der Waals surface area contributed by atoms with Crippen molar-refractivity contribution >= 4 is 17.5 Å². The van der Waals surface area contributed by atoms with Crippen LogP contribution in [0.3, 0.4) is 0 Å². The molecule has 3 nitrogen and oxygen atoms in total. The minimum absolute atomic E-state index is 0.814. The van der Waals surface area contributed by atoms with E-state index in [4.69, 9.17) is 10.1 Å². The Bertz CT molecular complexity index is 397. The highest BCUT2D eigenvalue weighted by Gasteiger charge is 2.05. The summed E-state index contributed by atoms with van der Waals surface area (Å²) in [4.78, 5) is 0. The van der Waals surface area contributed by atoms with Crippen LogP contribution >= 0.6 is 0 Å². The lowest BCUT2D eigenvalue weighted by Gasteiger charge is -2.11. The number of hydrogen-bond acceptors (Lipinski definition) is 3. The standard InChI is InChI=1S/C13H18N2O/c1-4-5-10(9-14)12-7-6-11(16-3)8-13(12)15-2/h5-9,14-15H,4H2,1-3H3/b10-5-,14-9?. The van der Waals surface area contributed by atoms with Crippen LogP contribution in [0, 0.1) is 5.41 Å². The molecule has 0 aliphatic heterocycles. The minimum atomic E-state index is 0.814. The van der Waals surface area contributed by atoms with Crippen molar-refractivity contribution in [2.75, 3.05) is 19.5 Å². The van der Waals surface area contributed by atoms with E-state index in [0.717, 1.165) is 29.0 Å². The number of nitrogens with one attached hydrogen (secondary N) is 2. The monoisotopic (exact) mass is 218 g/mol. The SMILES string of the molecule is CC/C=C(/C=N)c1ccc(OC)cc1NC. The lowest BCUT2D eigenvalue weighted by Crippen LogP contribution is -1.97. The van der Waals surface area contributed by atoms with Gasteiger partial charge in [0.05, 0.1) is 7.11 Å². The maximum absolute atomic E-state index is 7.42. The van der Waals surface area contributed by atoms with Crippen LogP contribution in [0.25, 0.3) is 5.57 Å². The van der Waals surface area contributed by atoms with Gasteiger partial charge in [-0.2, -0.15) is 0 Å². The minimum Gasteiger partial charge on any atom is -0.497 e. The predicted molar refractivity (Wildman–Crippen MR) is 69.6 cm³/mol. The zero-order valence-corrected chi connectivity index (χ0v) is 10.0. The maximum atomic E-state index is 7.42. The number of hydrogen-bond donors (Lipinski definition) is 2. The van der Waals surface area contributed by atoms with E-state index in [2.05, 4.69) is 12.2 Å². The van der Waals surface area contributed by atoms with Gasteiger partial charge in [-0.05, 0) is 24.1 Å². The Hall–Kier alpha value is -1.77.